The molecule has 0 aliphatic heterocycles. The first-order valence-electron chi connectivity index (χ1n) is 5.73. The van der Waals surface area contributed by atoms with Gasteiger partial charge in [-0.25, -0.2) is 0 Å². The van der Waals surface area contributed by atoms with Crippen LogP contribution in [-0.4, -0.2) is 4.92 Å². The number of nitrogens with zero attached hydrogens (tertiary/aromatic N) is 2. The number of anilines is 2. The van der Waals surface area contributed by atoms with Crippen LogP contribution in [0.4, 0.5) is 17.1 Å². The van der Waals surface area contributed by atoms with Crippen molar-refractivity contribution in [2.45, 2.75) is 6.92 Å². The van der Waals surface area contributed by atoms with Crippen LogP contribution >= 0.6 is 15.9 Å². The fourth-order valence-electron chi connectivity index (χ4n) is 1.72. The summed E-state index contributed by atoms with van der Waals surface area (Å²) in [5.41, 5.74) is 2.52. The summed E-state index contributed by atoms with van der Waals surface area (Å²) in [5, 5.41) is 22.9. The van der Waals surface area contributed by atoms with E-state index in [9.17, 15) is 10.1 Å². The summed E-state index contributed by atoms with van der Waals surface area (Å²) in [6.45, 7) is 1.94. The highest BCUT2D eigenvalue weighted by molar-refractivity contribution is 9.10. The van der Waals surface area contributed by atoms with Crippen LogP contribution in [0, 0.1) is 28.4 Å². The first-order chi connectivity index (χ1) is 9.51. The number of halogens is 1. The van der Waals surface area contributed by atoms with Gasteiger partial charge < -0.3 is 5.32 Å². The van der Waals surface area contributed by atoms with Crippen molar-refractivity contribution in [2.75, 3.05) is 5.32 Å². The predicted molar refractivity (Wildman–Crippen MR) is 80.0 cm³/mol. The minimum atomic E-state index is -0.519. The third-order valence-corrected chi connectivity index (χ3v) is 3.30. The second-order valence-corrected chi connectivity index (χ2v) is 5.10. The Hall–Kier alpha value is -2.39. The minimum absolute atomic E-state index is 0.0990. The second kappa shape index (κ2) is 5.72. The standard InChI is InChI=1S/C14H10BrN3O2/c1-9-2-3-11(15)7-14(9)17-13-5-4-12(18(19)20)6-10(13)8-16/h2-7,17H,1H3. The lowest BCUT2D eigenvalue weighted by Gasteiger charge is -2.11. The van der Waals surface area contributed by atoms with Crippen LogP contribution in [0.3, 0.4) is 0 Å². The van der Waals surface area contributed by atoms with Gasteiger partial charge in [-0.05, 0) is 30.7 Å². The van der Waals surface area contributed by atoms with Crippen LogP contribution in [0.25, 0.3) is 0 Å². The number of non-ortho nitro benzene ring substituents is 1. The van der Waals surface area contributed by atoms with Crippen molar-refractivity contribution in [1.82, 2.24) is 0 Å². The highest BCUT2D eigenvalue weighted by atomic mass is 79.9. The molecule has 100 valence electrons. The number of nitrogens with one attached hydrogen (secondary N) is 1. The molecule has 0 aliphatic carbocycles. The van der Waals surface area contributed by atoms with Gasteiger partial charge in [-0.2, -0.15) is 5.26 Å². The van der Waals surface area contributed by atoms with Crippen LogP contribution in [0.15, 0.2) is 40.9 Å². The van der Waals surface area contributed by atoms with Crippen LogP contribution in [-0.2, 0) is 0 Å². The molecular weight excluding hydrogens is 322 g/mol. The maximum Gasteiger partial charge on any atom is 0.270 e. The van der Waals surface area contributed by atoms with Gasteiger partial charge in [0.05, 0.1) is 16.2 Å². The van der Waals surface area contributed by atoms with Gasteiger partial charge in [0.15, 0.2) is 0 Å². The Morgan fingerprint density at radius 3 is 2.65 bits per heavy atom. The molecule has 2 aromatic carbocycles. The molecule has 0 aliphatic rings. The molecule has 0 spiro atoms. The topological polar surface area (TPSA) is 79.0 Å². The van der Waals surface area contributed by atoms with Crippen molar-refractivity contribution >= 4 is 33.0 Å². The summed E-state index contributed by atoms with van der Waals surface area (Å²) in [6, 6.07) is 11.9. The van der Waals surface area contributed by atoms with Crippen molar-refractivity contribution in [3.05, 3.63) is 62.1 Å². The Labute approximate surface area is 124 Å². The zero-order chi connectivity index (χ0) is 14.7. The molecular formula is C14H10BrN3O2. The van der Waals surface area contributed by atoms with Crippen molar-refractivity contribution in [1.29, 1.82) is 5.26 Å². The highest BCUT2D eigenvalue weighted by Gasteiger charge is 2.11. The largest absolute Gasteiger partial charge is 0.354 e. The van der Waals surface area contributed by atoms with E-state index in [2.05, 4.69) is 21.2 Å². The predicted octanol–water partition coefficient (Wildman–Crippen LogP) is 4.28. The smallest absolute Gasteiger partial charge is 0.270 e. The van der Waals surface area contributed by atoms with Gasteiger partial charge >= 0.3 is 0 Å². The Balaban J connectivity index is 2.41. The number of hydrogen-bond acceptors (Lipinski definition) is 4. The number of nitro groups is 1. The maximum absolute atomic E-state index is 10.7. The number of hydrogen-bond donors (Lipinski definition) is 1. The van der Waals surface area contributed by atoms with E-state index in [1.54, 1.807) is 0 Å². The van der Waals surface area contributed by atoms with Crippen LogP contribution in [0.5, 0.6) is 0 Å². The molecule has 0 saturated heterocycles. The average molecular weight is 332 g/mol. The van der Waals surface area contributed by atoms with E-state index in [1.165, 1.54) is 18.2 Å². The molecule has 0 fully saturated rings. The molecule has 1 N–H and O–H groups in total. The summed E-state index contributed by atoms with van der Waals surface area (Å²) >= 11 is 3.38. The lowest BCUT2D eigenvalue weighted by atomic mass is 10.1. The van der Waals surface area contributed by atoms with Crippen molar-refractivity contribution in [2.24, 2.45) is 0 Å². The number of benzene rings is 2. The zero-order valence-electron chi connectivity index (χ0n) is 10.6. The molecule has 0 heterocycles. The van der Waals surface area contributed by atoms with E-state index in [0.29, 0.717) is 5.69 Å². The number of rotatable bonds is 3. The maximum atomic E-state index is 10.7. The third-order valence-electron chi connectivity index (χ3n) is 2.80. The number of nitro benzene ring substituents is 1. The molecule has 2 aromatic rings. The molecule has 0 unspecified atom stereocenters. The van der Waals surface area contributed by atoms with Gasteiger partial charge in [0.2, 0.25) is 0 Å². The quantitative estimate of drug-likeness (QED) is 0.672. The normalized spacial score (nSPS) is 9.85. The molecule has 0 bridgehead atoms. The average Bonchev–Trinajstić information content (AvgIpc) is 2.43. The fourth-order valence-corrected chi connectivity index (χ4v) is 2.08. The molecule has 5 nitrogen and oxygen atoms in total. The molecule has 6 heteroatoms. The Morgan fingerprint density at radius 1 is 1.25 bits per heavy atom. The van der Waals surface area contributed by atoms with Crippen LogP contribution in [0.2, 0.25) is 0 Å². The van der Waals surface area contributed by atoms with Gasteiger partial charge in [-0.1, -0.05) is 22.0 Å². The highest BCUT2D eigenvalue weighted by Crippen LogP contribution is 2.28. The Bertz CT molecular complexity index is 723. The van der Waals surface area contributed by atoms with Crippen LogP contribution in [0.1, 0.15) is 11.1 Å². The SMILES string of the molecule is Cc1ccc(Br)cc1Nc1ccc([N+](=O)[O-])cc1C#N. The Kier molecular flexibility index (Phi) is 4.01. The van der Waals surface area contributed by atoms with Gasteiger partial charge in [-0.3, -0.25) is 10.1 Å². The molecule has 0 aromatic heterocycles. The minimum Gasteiger partial charge on any atom is -0.354 e. The summed E-state index contributed by atoms with van der Waals surface area (Å²) in [5.74, 6) is 0. The number of aryl methyl sites for hydroxylation is 1. The second-order valence-electron chi connectivity index (χ2n) is 4.18. The summed E-state index contributed by atoms with van der Waals surface area (Å²) in [4.78, 5) is 10.2. The third kappa shape index (κ3) is 2.95. The van der Waals surface area contributed by atoms with Crippen molar-refractivity contribution in [3.8, 4) is 6.07 Å². The first kappa shape index (κ1) is 14.0. The van der Waals surface area contributed by atoms with E-state index in [0.717, 1.165) is 15.7 Å². The van der Waals surface area contributed by atoms with Gasteiger partial charge in [0.1, 0.15) is 6.07 Å². The number of nitriles is 1. The fraction of sp³-hybridized carbons (Fsp3) is 0.0714. The van der Waals surface area contributed by atoms with Crippen molar-refractivity contribution in [3.63, 3.8) is 0 Å². The van der Waals surface area contributed by atoms with Gasteiger partial charge in [0.25, 0.3) is 5.69 Å². The lowest BCUT2D eigenvalue weighted by Crippen LogP contribution is -1.97. The van der Waals surface area contributed by atoms with Gasteiger partial charge in [0, 0.05) is 22.3 Å². The van der Waals surface area contributed by atoms with Crippen molar-refractivity contribution < 1.29 is 4.92 Å². The summed E-state index contributed by atoms with van der Waals surface area (Å²) < 4.78 is 0.908. The molecule has 0 radical (unpaired) electrons. The molecule has 0 atom stereocenters. The molecule has 20 heavy (non-hydrogen) atoms. The monoisotopic (exact) mass is 331 g/mol. The lowest BCUT2D eigenvalue weighted by molar-refractivity contribution is -0.384. The Morgan fingerprint density at radius 2 is 2.00 bits per heavy atom. The molecule has 0 saturated carbocycles. The summed E-state index contributed by atoms with van der Waals surface area (Å²) in [6.07, 6.45) is 0. The molecule has 0 amide bonds. The van der Waals surface area contributed by atoms with Crippen LogP contribution < -0.4 is 5.32 Å². The van der Waals surface area contributed by atoms with E-state index in [-0.39, 0.29) is 11.3 Å². The van der Waals surface area contributed by atoms with Gasteiger partial charge in [-0.15, -0.1) is 0 Å². The van der Waals surface area contributed by atoms with E-state index < -0.39 is 4.92 Å². The zero-order valence-corrected chi connectivity index (χ0v) is 12.1. The summed E-state index contributed by atoms with van der Waals surface area (Å²) in [7, 11) is 0. The van der Waals surface area contributed by atoms with E-state index in [1.807, 2.05) is 31.2 Å². The molecule has 2 rings (SSSR count). The first-order valence-corrected chi connectivity index (χ1v) is 6.52. The van der Waals surface area contributed by atoms with E-state index in [4.69, 9.17) is 5.26 Å². The van der Waals surface area contributed by atoms with E-state index >= 15 is 0 Å².